The molecule has 0 spiro atoms. The van der Waals surface area contributed by atoms with Crippen molar-refractivity contribution in [1.82, 2.24) is 10.2 Å². The molecule has 0 aromatic rings. The first kappa shape index (κ1) is 7.06. The van der Waals surface area contributed by atoms with Crippen molar-refractivity contribution in [2.24, 2.45) is 0 Å². The van der Waals surface area contributed by atoms with Crippen LogP contribution in [0, 0.1) is 0 Å². The lowest BCUT2D eigenvalue weighted by Crippen LogP contribution is -2.57. The fraction of sp³-hybridized carbons (Fsp3) is 0.857. The smallest absolute Gasteiger partial charge is 0.234 e. The SMILES string of the molecule is O=C1CN(C2COC2)CCN1. The van der Waals surface area contributed by atoms with Crippen molar-refractivity contribution < 1.29 is 9.53 Å². The summed E-state index contributed by atoms with van der Waals surface area (Å²) in [6.07, 6.45) is 0. The summed E-state index contributed by atoms with van der Waals surface area (Å²) < 4.78 is 5.05. The van der Waals surface area contributed by atoms with Crippen LogP contribution in [-0.2, 0) is 9.53 Å². The van der Waals surface area contributed by atoms with Crippen LogP contribution in [0.15, 0.2) is 0 Å². The van der Waals surface area contributed by atoms with Gasteiger partial charge in [0.05, 0.1) is 25.8 Å². The third-order valence-corrected chi connectivity index (χ3v) is 2.20. The molecule has 0 saturated carbocycles. The van der Waals surface area contributed by atoms with Crippen LogP contribution in [0.25, 0.3) is 0 Å². The second kappa shape index (κ2) is 2.79. The van der Waals surface area contributed by atoms with Crippen LogP contribution in [0.2, 0.25) is 0 Å². The van der Waals surface area contributed by atoms with Crippen molar-refractivity contribution in [3.63, 3.8) is 0 Å². The van der Waals surface area contributed by atoms with Gasteiger partial charge in [-0.15, -0.1) is 0 Å². The molecule has 2 heterocycles. The summed E-state index contributed by atoms with van der Waals surface area (Å²) in [5, 5.41) is 2.79. The second-order valence-electron chi connectivity index (χ2n) is 3.01. The number of rotatable bonds is 1. The van der Waals surface area contributed by atoms with Crippen molar-refractivity contribution in [2.45, 2.75) is 6.04 Å². The van der Waals surface area contributed by atoms with Crippen LogP contribution < -0.4 is 5.32 Å². The molecular weight excluding hydrogens is 144 g/mol. The van der Waals surface area contributed by atoms with E-state index in [9.17, 15) is 4.79 Å². The van der Waals surface area contributed by atoms with Crippen LogP contribution in [0.4, 0.5) is 0 Å². The molecule has 0 aromatic carbocycles. The Labute approximate surface area is 65.5 Å². The number of hydrogen-bond donors (Lipinski definition) is 1. The predicted octanol–water partition coefficient (Wildman–Crippen LogP) is -1.18. The van der Waals surface area contributed by atoms with Gasteiger partial charge in [0.15, 0.2) is 0 Å². The lowest BCUT2D eigenvalue weighted by atomic mass is 10.2. The van der Waals surface area contributed by atoms with E-state index in [4.69, 9.17) is 4.74 Å². The lowest BCUT2D eigenvalue weighted by molar-refractivity contribution is -0.130. The number of amides is 1. The molecule has 2 aliphatic heterocycles. The Morgan fingerprint density at radius 2 is 2.36 bits per heavy atom. The van der Waals surface area contributed by atoms with Crippen molar-refractivity contribution in [3.05, 3.63) is 0 Å². The Balaban J connectivity index is 1.87. The molecule has 2 saturated heterocycles. The van der Waals surface area contributed by atoms with E-state index in [0.717, 1.165) is 26.3 Å². The van der Waals surface area contributed by atoms with Gasteiger partial charge in [-0.1, -0.05) is 0 Å². The summed E-state index contributed by atoms with van der Waals surface area (Å²) in [7, 11) is 0. The van der Waals surface area contributed by atoms with Gasteiger partial charge in [0.25, 0.3) is 0 Å². The van der Waals surface area contributed by atoms with Gasteiger partial charge >= 0.3 is 0 Å². The third kappa shape index (κ3) is 1.36. The Morgan fingerprint density at radius 1 is 1.55 bits per heavy atom. The molecule has 0 unspecified atom stereocenters. The Bertz CT molecular complexity index is 168. The average molecular weight is 156 g/mol. The minimum absolute atomic E-state index is 0.142. The van der Waals surface area contributed by atoms with Gasteiger partial charge in [-0.25, -0.2) is 0 Å². The fourth-order valence-electron chi connectivity index (χ4n) is 1.40. The van der Waals surface area contributed by atoms with Crippen LogP contribution in [0.3, 0.4) is 0 Å². The summed E-state index contributed by atoms with van der Waals surface area (Å²) in [5.74, 6) is 0.142. The quantitative estimate of drug-likeness (QED) is 0.519. The molecule has 4 heteroatoms. The molecular formula is C7H12N2O2. The molecule has 0 radical (unpaired) electrons. The molecule has 11 heavy (non-hydrogen) atoms. The number of piperazine rings is 1. The van der Waals surface area contributed by atoms with E-state index >= 15 is 0 Å². The summed E-state index contributed by atoms with van der Waals surface area (Å²) in [6.45, 7) is 3.91. The number of hydrogen-bond acceptors (Lipinski definition) is 3. The summed E-state index contributed by atoms with van der Waals surface area (Å²) in [6, 6.07) is 0.501. The molecule has 2 rings (SSSR count). The highest BCUT2D eigenvalue weighted by Crippen LogP contribution is 2.10. The lowest BCUT2D eigenvalue weighted by Gasteiger charge is -2.38. The van der Waals surface area contributed by atoms with Gasteiger partial charge in [-0.2, -0.15) is 0 Å². The maximum absolute atomic E-state index is 10.9. The van der Waals surface area contributed by atoms with E-state index in [0.29, 0.717) is 12.6 Å². The minimum Gasteiger partial charge on any atom is -0.378 e. The number of nitrogens with zero attached hydrogens (tertiary/aromatic N) is 1. The molecule has 1 amide bonds. The molecule has 0 bridgehead atoms. The molecule has 0 aromatic heterocycles. The highest BCUT2D eigenvalue weighted by atomic mass is 16.5. The first-order valence-electron chi connectivity index (χ1n) is 3.95. The van der Waals surface area contributed by atoms with Crippen molar-refractivity contribution in [3.8, 4) is 0 Å². The second-order valence-corrected chi connectivity index (χ2v) is 3.01. The van der Waals surface area contributed by atoms with E-state index < -0.39 is 0 Å². The Hall–Kier alpha value is -0.610. The average Bonchev–Trinajstić information content (AvgIpc) is 1.83. The summed E-state index contributed by atoms with van der Waals surface area (Å²) in [5.41, 5.74) is 0. The molecule has 0 aliphatic carbocycles. The zero-order valence-electron chi connectivity index (χ0n) is 6.38. The van der Waals surface area contributed by atoms with Crippen LogP contribution in [0.1, 0.15) is 0 Å². The molecule has 2 fully saturated rings. The Kier molecular flexibility index (Phi) is 1.79. The molecule has 0 atom stereocenters. The predicted molar refractivity (Wildman–Crippen MR) is 39.2 cm³/mol. The molecule has 62 valence electrons. The van der Waals surface area contributed by atoms with E-state index in [1.807, 2.05) is 0 Å². The molecule has 1 N–H and O–H groups in total. The van der Waals surface area contributed by atoms with Gasteiger partial charge < -0.3 is 10.1 Å². The topological polar surface area (TPSA) is 41.6 Å². The van der Waals surface area contributed by atoms with Crippen LogP contribution in [-0.4, -0.2) is 49.7 Å². The highest BCUT2D eigenvalue weighted by molar-refractivity contribution is 5.78. The first-order chi connectivity index (χ1) is 5.36. The summed E-state index contributed by atoms with van der Waals surface area (Å²) in [4.78, 5) is 13.1. The van der Waals surface area contributed by atoms with Gasteiger partial charge in [0, 0.05) is 13.1 Å². The third-order valence-electron chi connectivity index (χ3n) is 2.20. The normalized spacial score (nSPS) is 27.8. The fourth-order valence-corrected chi connectivity index (χ4v) is 1.40. The number of carbonyl (C=O) groups excluding carboxylic acids is 1. The van der Waals surface area contributed by atoms with Crippen molar-refractivity contribution in [2.75, 3.05) is 32.8 Å². The van der Waals surface area contributed by atoms with Crippen molar-refractivity contribution in [1.29, 1.82) is 0 Å². The first-order valence-corrected chi connectivity index (χ1v) is 3.95. The van der Waals surface area contributed by atoms with E-state index in [2.05, 4.69) is 10.2 Å². The largest absolute Gasteiger partial charge is 0.378 e. The van der Waals surface area contributed by atoms with E-state index in [1.54, 1.807) is 0 Å². The maximum atomic E-state index is 10.9. The zero-order valence-corrected chi connectivity index (χ0v) is 6.38. The standard InChI is InChI=1S/C7H12N2O2/c10-7-3-9(2-1-8-7)6-4-11-5-6/h6H,1-5H2,(H,8,10). The van der Waals surface area contributed by atoms with Gasteiger partial charge in [-0.3, -0.25) is 9.69 Å². The number of nitrogens with one attached hydrogen (secondary N) is 1. The zero-order chi connectivity index (χ0) is 7.68. The van der Waals surface area contributed by atoms with Crippen LogP contribution >= 0.6 is 0 Å². The Morgan fingerprint density at radius 3 is 2.91 bits per heavy atom. The number of ether oxygens (including phenoxy) is 1. The minimum atomic E-state index is 0.142. The van der Waals surface area contributed by atoms with E-state index in [-0.39, 0.29) is 5.91 Å². The number of carbonyl (C=O) groups is 1. The molecule has 2 aliphatic rings. The maximum Gasteiger partial charge on any atom is 0.234 e. The van der Waals surface area contributed by atoms with Gasteiger partial charge in [0.1, 0.15) is 0 Å². The highest BCUT2D eigenvalue weighted by Gasteiger charge is 2.28. The molecule has 4 nitrogen and oxygen atoms in total. The van der Waals surface area contributed by atoms with Crippen LogP contribution in [0.5, 0.6) is 0 Å². The monoisotopic (exact) mass is 156 g/mol. The van der Waals surface area contributed by atoms with Gasteiger partial charge in [0.2, 0.25) is 5.91 Å². The van der Waals surface area contributed by atoms with E-state index in [1.165, 1.54) is 0 Å². The van der Waals surface area contributed by atoms with Crippen molar-refractivity contribution >= 4 is 5.91 Å². The summed E-state index contributed by atoms with van der Waals surface area (Å²) >= 11 is 0. The van der Waals surface area contributed by atoms with Gasteiger partial charge in [-0.05, 0) is 0 Å².